The van der Waals surface area contributed by atoms with Gasteiger partial charge in [0.1, 0.15) is 6.10 Å². The Kier molecular flexibility index (Phi) is 3.11. The Morgan fingerprint density at radius 2 is 2.55 bits per heavy atom. The second kappa shape index (κ2) is 3.54. The average molecular weight is 245 g/mol. The van der Waals surface area contributed by atoms with Crippen LogP contribution in [0.2, 0.25) is 0 Å². The van der Waals surface area contributed by atoms with Gasteiger partial charge in [0.25, 0.3) is 0 Å². The molecule has 1 fully saturated rings. The van der Waals surface area contributed by atoms with Gasteiger partial charge in [-0.25, -0.2) is 4.57 Å². The van der Waals surface area contributed by atoms with Gasteiger partial charge >= 0.3 is 7.82 Å². The first-order chi connectivity index (χ1) is 5.05. The summed E-state index contributed by atoms with van der Waals surface area (Å²) in [5.74, 6) is 0. The standard InChI is InChI=1S/C5H10BrO4P/c1-2-4(6)5-3-9-11(7,8)10-5/h4-5H,2-3H2,1H3,(H,7,8). The average Bonchev–Trinajstić information content (AvgIpc) is 2.29. The molecule has 0 aromatic rings. The van der Waals surface area contributed by atoms with Crippen molar-refractivity contribution in [3.8, 4) is 0 Å². The van der Waals surface area contributed by atoms with E-state index in [9.17, 15) is 4.57 Å². The molecular formula is C5H10BrO4P. The van der Waals surface area contributed by atoms with E-state index >= 15 is 0 Å². The maximum absolute atomic E-state index is 10.7. The Bertz CT molecular complexity index is 185. The minimum Gasteiger partial charge on any atom is -0.302 e. The molecule has 66 valence electrons. The third-order valence-electron chi connectivity index (χ3n) is 1.46. The molecule has 0 saturated carbocycles. The van der Waals surface area contributed by atoms with Crippen molar-refractivity contribution in [2.75, 3.05) is 6.61 Å². The summed E-state index contributed by atoms with van der Waals surface area (Å²) in [6.07, 6.45) is 0.546. The number of phosphoric acid groups is 1. The lowest BCUT2D eigenvalue weighted by atomic mass is 10.2. The van der Waals surface area contributed by atoms with Gasteiger partial charge in [-0.2, -0.15) is 0 Å². The van der Waals surface area contributed by atoms with E-state index in [1.165, 1.54) is 0 Å². The van der Waals surface area contributed by atoms with Gasteiger partial charge in [-0.1, -0.05) is 22.9 Å². The van der Waals surface area contributed by atoms with Gasteiger partial charge < -0.3 is 4.89 Å². The Balaban J connectivity index is 2.48. The van der Waals surface area contributed by atoms with Gasteiger partial charge in [0.2, 0.25) is 0 Å². The molecule has 3 unspecified atom stereocenters. The summed E-state index contributed by atoms with van der Waals surface area (Å²) < 4.78 is 20.0. The number of alkyl halides is 1. The fourth-order valence-corrected chi connectivity index (χ4v) is 2.21. The van der Waals surface area contributed by atoms with Crippen molar-refractivity contribution < 1.29 is 18.5 Å². The monoisotopic (exact) mass is 244 g/mol. The molecule has 0 aromatic carbocycles. The Morgan fingerprint density at radius 1 is 1.91 bits per heavy atom. The minimum absolute atomic E-state index is 0.0884. The van der Waals surface area contributed by atoms with Crippen molar-refractivity contribution in [1.29, 1.82) is 0 Å². The summed E-state index contributed by atoms with van der Waals surface area (Å²) in [5, 5.41) is 0. The van der Waals surface area contributed by atoms with Crippen molar-refractivity contribution >= 4 is 23.8 Å². The highest BCUT2D eigenvalue weighted by molar-refractivity contribution is 9.09. The Labute approximate surface area is 73.6 Å². The molecule has 1 rings (SSSR count). The van der Waals surface area contributed by atoms with Crippen molar-refractivity contribution in [1.82, 2.24) is 0 Å². The Morgan fingerprint density at radius 3 is 2.91 bits per heavy atom. The highest BCUT2D eigenvalue weighted by Crippen LogP contribution is 2.51. The molecule has 6 heteroatoms. The van der Waals surface area contributed by atoms with Crippen LogP contribution in [0, 0.1) is 0 Å². The first-order valence-electron chi connectivity index (χ1n) is 3.35. The van der Waals surface area contributed by atoms with Gasteiger partial charge in [-0.05, 0) is 6.42 Å². The number of hydrogen-bond acceptors (Lipinski definition) is 3. The number of halogens is 1. The van der Waals surface area contributed by atoms with Crippen LogP contribution < -0.4 is 0 Å². The van der Waals surface area contributed by atoms with E-state index in [0.29, 0.717) is 0 Å². The molecule has 0 radical (unpaired) electrons. The van der Waals surface area contributed by atoms with E-state index in [2.05, 4.69) is 20.5 Å². The van der Waals surface area contributed by atoms with Crippen LogP contribution in [0.5, 0.6) is 0 Å². The quantitative estimate of drug-likeness (QED) is 0.593. The molecule has 1 aliphatic heterocycles. The Hall–Kier alpha value is 0.590. The molecule has 1 heterocycles. The van der Waals surface area contributed by atoms with Crippen molar-refractivity contribution in [3.05, 3.63) is 0 Å². The fraction of sp³-hybridized carbons (Fsp3) is 1.00. The first kappa shape index (κ1) is 9.68. The second-order valence-corrected chi connectivity index (χ2v) is 4.91. The van der Waals surface area contributed by atoms with E-state index in [1.54, 1.807) is 0 Å². The molecule has 0 spiro atoms. The maximum Gasteiger partial charge on any atom is 0.472 e. The highest BCUT2D eigenvalue weighted by Gasteiger charge is 2.38. The van der Waals surface area contributed by atoms with Gasteiger partial charge in [0.05, 0.1) is 6.61 Å². The van der Waals surface area contributed by atoms with Gasteiger partial charge in [0.15, 0.2) is 0 Å². The van der Waals surface area contributed by atoms with Crippen LogP contribution in [0.25, 0.3) is 0 Å². The number of rotatable bonds is 2. The largest absolute Gasteiger partial charge is 0.472 e. The van der Waals surface area contributed by atoms with Crippen LogP contribution >= 0.6 is 23.8 Å². The van der Waals surface area contributed by atoms with Gasteiger partial charge in [-0.15, -0.1) is 0 Å². The van der Waals surface area contributed by atoms with E-state index in [4.69, 9.17) is 9.42 Å². The molecule has 0 amide bonds. The summed E-state index contributed by atoms with van der Waals surface area (Å²) in [6, 6.07) is 0. The molecule has 3 atom stereocenters. The number of phosphoric ester groups is 1. The smallest absolute Gasteiger partial charge is 0.302 e. The molecule has 0 aliphatic carbocycles. The van der Waals surface area contributed by atoms with Gasteiger partial charge in [-0.3, -0.25) is 9.05 Å². The van der Waals surface area contributed by atoms with Crippen molar-refractivity contribution in [2.45, 2.75) is 24.3 Å². The lowest BCUT2D eigenvalue weighted by molar-refractivity contribution is 0.211. The van der Waals surface area contributed by atoms with Crippen LogP contribution in [-0.4, -0.2) is 22.4 Å². The normalized spacial score (nSPS) is 40.8. The molecular weight excluding hydrogens is 235 g/mol. The maximum atomic E-state index is 10.7. The lowest BCUT2D eigenvalue weighted by Crippen LogP contribution is -2.21. The minimum atomic E-state index is -3.70. The van der Waals surface area contributed by atoms with Crippen LogP contribution in [0.3, 0.4) is 0 Å². The predicted octanol–water partition coefficient (Wildman–Crippen LogP) is 1.68. The van der Waals surface area contributed by atoms with E-state index in [1.807, 2.05) is 6.92 Å². The lowest BCUT2D eigenvalue weighted by Gasteiger charge is -2.11. The van der Waals surface area contributed by atoms with Crippen LogP contribution in [0.4, 0.5) is 0 Å². The van der Waals surface area contributed by atoms with Crippen molar-refractivity contribution in [3.63, 3.8) is 0 Å². The zero-order valence-electron chi connectivity index (χ0n) is 6.07. The molecule has 4 nitrogen and oxygen atoms in total. The van der Waals surface area contributed by atoms with Crippen molar-refractivity contribution in [2.24, 2.45) is 0 Å². The topological polar surface area (TPSA) is 55.8 Å². The third-order valence-corrected chi connectivity index (χ3v) is 3.71. The summed E-state index contributed by atoms with van der Waals surface area (Å²) in [7, 11) is -3.70. The van der Waals surface area contributed by atoms with Crippen LogP contribution in [0.1, 0.15) is 13.3 Å². The molecule has 1 N–H and O–H groups in total. The summed E-state index contributed by atoms with van der Waals surface area (Å²) in [4.78, 5) is 8.89. The predicted molar refractivity (Wildman–Crippen MR) is 43.7 cm³/mol. The van der Waals surface area contributed by atoms with Crippen LogP contribution in [0.15, 0.2) is 0 Å². The fourth-order valence-electron chi connectivity index (χ4n) is 0.833. The van der Waals surface area contributed by atoms with E-state index in [-0.39, 0.29) is 17.5 Å². The highest BCUT2D eigenvalue weighted by atomic mass is 79.9. The SMILES string of the molecule is CCC(Br)C1COP(=O)(O)O1. The van der Waals surface area contributed by atoms with E-state index < -0.39 is 7.82 Å². The van der Waals surface area contributed by atoms with Crippen LogP contribution in [-0.2, 0) is 13.6 Å². The summed E-state index contributed by atoms with van der Waals surface area (Å²) in [5.41, 5.74) is 0. The first-order valence-corrected chi connectivity index (χ1v) is 5.76. The van der Waals surface area contributed by atoms with Gasteiger partial charge in [0, 0.05) is 4.83 Å². The second-order valence-electron chi connectivity index (χ2n) is 2.33. The number of hydrogen-bond donors (Lipinski definition) is 1. The molecule has 1 aliphatic rings. The zero-order valence-corrected chi connectivity index (χ0v) is 8.55. The zero-order chi connectivity index (χ0) is 8.48. The molecule has 0 aromatic heterocycles. The van der Waals surface area contributed by atoms with E-state index in [0.717, 1.165) is 6.42 Å². The summed E-state index contributed by atoms with van der Waals surface area (Å²) >= 11 is 3.32. The third kappa shape index (κ3) is 2.53. The molecule has 0 bridgehead atoms. The molecule has 11 heavy (non-hydrogen) atoms. The molecule has 1 saturated heterocycles. The summed E-state index contributed by atoms with van der Waals surface area (Å²) in [6.45, 7) is 2.15.